The van der Waals surface area contributed by atoms with E-state index in [2.05, 4.69) is 4.90 Å². The second-order valence-corrected chi connectivity index (χ2v) is 6.24. The Bertz CT molecular complexity index is 501. The van der Waals surface area contributed by atoms with Crippen LogP contribution in [0.2, 0.25) is 0 Å². The molecule has 2 aliphatic rings. The predicted molar refractivity (Wildman–Crippen MR) is 79.0 cm³/mol. The number of anilines is 1. The third-order valence-electron chi connectivity index (χ3n) is 4.36. The zero-order valence-corrected chi connectivity index (χ0v) is 12.2. The number of aryl methyl sites for hydroxylation is 1. The van der Waals surface area contributed by atoms with Gasteiger partial charge in [0.25, 0.3) is 0 Å². The second-order valence-electron chi connectivity index (χ2n) is 6.24. The molecule has 2 atom stereocenters. The largest absolute Gasteiger partial charge is 0.488 e. The van der Waals surface area contributed by atoms with E-state index in [1.54, 1.807) is 0 Å². The average Bonchev–Trinajstić information content (AvgIpc) is 3.17. The molecule has 1 heterocycles. The van der Waals surface area contributed by atoms with E-state index in [0.29, 0.717) is 18.3 Å². The Balaban J connectivity index is 1.87. The molecule has 3 rings (SSSR count). The van der Waals surface area contributed by atoms with Crippen molar-refractivity contribution in [3.8, 4) is 5.75 Å². The van der Waals surface area contributed by atoms with Crippen LogP contribution in [-0.2, 0) is 0 Å². The maximum atomic E-state index is 14.4. The topological polar surface area (TPSA) is 38.5 Å². The van der Waals surface area contributed by atoms with E-state index in [1.165, 1.54) is 0 Å². The summed E-state index contributed by atoms with van der Waals surface area (Å²) in [5.41, 5.74) is 8.83. The minimum absolute atomic E-state index is 0.0339. The number of piperidine rings is 1. The van der Waals surface area contributed by atoms with E-state index < -0.39 is 6.17 Å². The zero-order valence-electron chi connectivity index (χ0n) is 12.2. The van der Waals surface area contributed by atoms with Gasteiger partial charge in [0.2, 0.25) is 0 Å². The van der Waals surface area contributed by atoms with Crippen molar-refractivity contribution in [2.45, 2.75) is 44.4 Å². The Morgan fingerprint density at radius 3 is 2.70 bits per heavy atom. The summed E-state index contributed by atoms with van der Waals surface area (Å²) in [6.07, 6.45) is 2.55. The Hall–Kier alpha value is -1.29. The summed E-state index contributed by atoms with van der Waals surface area (Å²) >= 11 is 0. The van der Waals surface area contributed by atoms with Gasteiger partial charge in [0.1, 0.15) is 11.9 Å². The summed E-state index contributed by atoms with van der Waals surface area (Å²) in [7, 11) is 1.97. The van der Waals surface area contributed by atoms with Gasteiger partial charge in [-0.1, -0.05) is 0 Å². The summed E-state index contributed by atoms with van der Waals surface area (Å²) in [4.78, 5) is 2.05. The first-order chi connectivity index (χ1) is 9.54. The lowest BCUT2D eigenvalue weighted by molar-refractivity contribution is 0.139. The van der Waals surface area contributed by atoms with E-state index >= 15 is 0 Å². The van der Waals surface area contributed by atoms with Gasteiger partial charge in [-0.05, 0) is 63.0 Å². The molecule has 0 radical (unpaired) electrons. The predicted octanol–water partition coefficient (Wildman–Crippen LogP) is 2.88. The highest BCUT2D eigenvalue weighted by atomic mass is 19.1. The molecule has 1 aromatic rings. The first-order valence-corrected chi connectivity index (χ1v) is 7.44. The van der Waals surface area contributed by atoms with Crippen LogP contribution in [0.5, 0.6) is 5.75 Å². The Morgan fingerprint density at radius 1 is 1.30 bits per heavy atom. The number of alkyl halides is 1. The average molecular weight is 278 g/mol. The molecule has 110 valence electrons. The number of benzene rings is 1. The lowest BCUT2D eigenvalue weighted by Gasteiger charge is -2.33. The molecule has 1 aromatic carbocycles. The molecule has 1 aliphatic heterocycles. The minimum atomic E-state index is -0.815. The van der Waals surface area contributed by atoms with Gasteiger partial charge in [0.15, 0.2) is 0 Å². The molecule has 0 bridgehead atoms. The van der Waals surface area contributed by atoms with Gasteiger partial charge in [0, 0.05) is 12.5 Å². The van der Waals surface area contributed by atoms with Crippen LogP contribution in [0.25, 0.3) is 0 Å². The van der Waals surface area contributed by atoms with Crippen molar-refractivity contribution in [1.29, 1.82) is 0 Å². The molecule has 4 heteroatoms. The van der Waals surface area contributed by atoms with Crippen LogP contribution in [0.1, 0.15) is 36.3 Å². The quantitative estimate of drug-likeness (QED) is 0.864. The molecule has 3 nitrogen and oxygen atoms in total. The highest BCUT2D eigenvalue weighted by Crippen LogP contribution is 2.38. The molecule has 2 N–H and O–H groups in total. The number of rotatable bonds is 3. The maximum absolute atomic E-state index is 14.4. The number of nitrogen functional groups attached to an aromatic ring is 1. The van der Waals surface area contributed by atoms with E-state index in [0.717, 1.165) is 42.7 Å². The first kappa shape index (κ1) is 13.7. The SMILES string of the molecule is Cc1cc(N)c(OC2CC2)cc1C1CCN(C)CC1F. The lowest BCUT2D eigenvalue weighted by Crippen LogP contribution is -2.38. The van der Waals surface area contributed by atoms with Gasteiger partial charge >= 0.3 is 0 Å². The normalized spacial score (nSPS) is 27.6. The van der Waals surface area contributed by atoms with Crippen molar-refractivity contribution < 1.29 is 9.13 Å². The van der Waals surface area contributed by atoms with Crippen LogP contribution in [0.4, 0.5) is 10.1 Å². The fraction of sp³-hybridized carbons (Fsp3) is 0.625. The van der Waals surface area contributed by atoms with Crippen LogP contribution in [0.3, 0.4) is 0 Å². The van der Waals surface area contributed by atoms with Crippen molar-refractivity contribution in [2.75, 3.05) is 25.9 Å². The van der Waals surface area contributed by atoms with Gasteiger partial charge in [-0.15, -0.1) is 0 Å². The van der Waals surface area contributed by atoms with Crippen molar-refractivity contribution in [2.24, 2.45) is 0 Å². The van der Waals surface area contributed by atoms with Gasteiger partial charge in [-0.25, -0.2) is 4.39 Å². The second kappa shape index (κ2) is 5.24. The Kier molecular flexibility index (Phi) is 3.59. The molecule has 0 spiro atoms. The van der Waals surface area contributed by atoms with Crippen LogP contribution in [0.15, 0.2) is 12.1 Å². The van der Waals surface area contributed by atoms with Gasteiger partial charge in [-0.2, -0.15) is 0 Å². The fourth-order valence-corrected chi connectivity index (χ4v) is 3.00. The molecule has 0 aromatic heterocycles. The van der Waals surface area contributed by atoms with Crippen molar-refractivity contribution in [3.63, 3.8) is 0 Å². The van der Waals surface area contributed by atoms with E-state index in [4.69, 9.17) is 10.5 Å². The van der Waals surface area contributed by atoms with Gasteiger partial charge in [-0.3, -0.25) is 0 Å². The summed E-state index contributed by atoms with van der Waals surface area (Å²) in [5.74, 6) is 0.701. The van der Waals surface area contributed by atoms with E-state index in [1.807, 2.05) is 26.1 Å². The standard InChI is InChI=1S/C16H23FN2O/c1-10-7-15(18)16(20-11-3-4-11)8-13(10)12-5-6-19(2)9-14(12)17/h7-8,11-12,14H,3-6,9,18H2,1-2H3. The van der Waals surface area contributed by atoms with Gasteiger partial charge < -0.3 is 15.4 Å². The Labute approximate surface area is 119 Å². The number of halogens is 1. The molecule has 1 aliphatic carbocycles. The highest BCUT2D eigenvalue weighted by Gasteiger charge is 2.31. The highest BCUT2D eigenvalue weighted by molar-refractivity contribution is 5.57. The van der Waals surface area contributed by atoms with Crippen molar-refractivity contribution >= 4 is 5.69 Å². The Morgan fingerprint density at radius 2 is 2.05 bits per heavy atom. The molecule has 0 amide bonds. The van der Waals surface area contributed by atoms with E-state index in [-0.39, 0.29) is 5.92 Å². The molecule has 20 heavy (non-hydrogen) atoms. The minimum Gasteiger partial charge on any atom is -0.488 e. The summed E-state index contributed by atoms with van der Waals surface area (Å²) < 4.78 is 20.2. The smallest absolute Gasteiger partial charge is 0.142 e. The van der Waals surface area contributed by atoms with Crippen LogP contribution >= 0.6 is 0 Å². The first-order valence-electron chi connectivity index (χ1n) is 7.44. The molecular weight excluding hydrogens is 255 g/mol. The third-order valence-corrected chi connectivity index (χ3v) is 4.36. The van der Waals surface area contributed by atoms with Crippen LogP contribution in [0, 0.1) is 6.92 Å². The number of hydrogen-bond donors (Lipinski definition) is 1. The molecule has 1 saturated carbocycles. The number of likely N-dealkylation sites (tertiary alicyclic amines) is 1. The third kappa shape index (κ3) is 2.75. The number of nitrogens with two attached hydrogens (primary N) is 1. The van der Waals surface area contributed by atoms with Crippen LogP contribution < -0.4 is 10.5 Å². The molecule has 2 unspecified atom stereocenters. The fourth-order valence-electron chi connectivity index (χ4n) is 3.00. The molecule has 1 saturated heterocycles. The van der Waals surface area contributed by atoms with E-state index in [9.17, 15) is 4.39 Å². The summed E-state index contributed by atoms with van der Waals surface area (Å²) in [5, 5.41) is 0. The monoisotopic (exact) mass is 278 g/mol. The summed E-state index contributed by atoms with van der Waals surface area (Å²) in [6, 6.07) is 3.91. The van der Waals surface area contributed by atoms with Crippen molar-refractivity contribution in [3.05, 3.63) is 23.3 Å². The molecular formula is C16H23FN2O. The summed E-state index contributed by atoms with van der Waals surface area (Å²) in [6.45, 7) is 3.46. The van der Waals surface area contributed by atoms with Crippen LogP contribution in [-0.4, -0.2) is 37.3 Å². The van der Waals surface area contributed by atoms with Crippen molar-refractivity contribution in [1.82, 2.24) is 4.90 Å². The maximum Gasteiger partial charge on any atom is 0.142 e. The zero-order chi connectivity index (χ0) is 14.3. The van der Waals surface area contributed by atoms with Gasteiger partial charge in [0.05, 0.1) is 11.8 Å². The molecule has 2 fully saturated rings. The number of hydrogen-bond acceptors (Lipinski definition) is 3. The lowest BCUT2D eigenvalue weighted by atomic mass is 9.85. The number of ether oxygens (including phenoxy) is 1. The number of nitrogens with zero attached hydrogens (tertiary/aromatic N) is 1.